The summed E-state index contributed by atoms with van der Waals surface area (Å²) in [4.78, 5) is 0. The minimum Gasteiger partial charge on any atom is -0.207 e. The quantitative estimate of drug-likeness (QED) is 0.536. The minimum absolute atomic E-state index is 0.118. The van der Waals surface area contributed by atoms with E-state index in [9.17, 15) is 4.39 Å². The molecule has 0 heterocycles. The summed E-state index contributed by atoms with van der Waals surface area (Å²) in [5.41, 5.74) is 0. The van der Waals surface area contributed by atoms with Crippen molar-refractivity contribution in [1.29, 1.82) is 0 Å². The minimum atomic E-state index is -0.118. The van der Waals surface area contributed by atoms with Crippen LogP contribution in [0.1, 0.15) is 6.42 Å². The van der Waals surface area contributed by atoms with Gasteiger partial charge >= 0.3 is 0 Å². The van der Waals surface area contributed by atoms with Gasteiger partial charge in [-0.15, -0.1) is 0 Å². The number of allylic oxidation sites excluding steroid dienone is 4. The van der Waals surface area contributed by atoms with Crippen LogP contribution in [0.25, 0.3) is 0 Å². The van der Waals surface area contributed by atoms with E-state index in [1.807, 2.05) is 6.08 Å². The molecule has 0 nitrogen and oxygen atoms in total. The van der Waals surface area contributed by atoms with E-state index in [-0.39, 0.29) is 5.83 Å². The molecule has 1 rings (SSSR count). The zero-order valence-electron chi connectivity index (χ0n) is 5.05. The third-order valence-electron chi connectivity index (χ3n) is 1.38. The van der Waals surface area contributed by atoms with E-state index in [1.165, 1.54) is 6.08 Å². The SMILES string of the molecule is FC1=CCC(CS)C=C1. The monoisotopic (exact) mass is 144 g/mol. The van der Waals surface area contributed by atoms with Crippen molar-refractivity contribution in [2.45, 2.75) is 6.42 Å². The van der Waals surface area contributed by atoms with Gasteiger partial charge in [-0.05, 0) is 30.2 Å². The second-order valence-corrected chi connectivity index (χ2v) is 2.49. The van der Waals surface area contributed by atoms with Gasteiger partial charge < -0.3 is 0 Å². The molecule has 9 heavy (non-hydrogen) atoms. The summed E-state index contributed by atoms with van der Waals surface area (Å²) in [5.74, 6) is 1.13. The molecule has 1 atom stereocenters. The Morgan fingerprint density at radius 1 is 1.78 bits per heavy atom. The summed E-state index contributed by atoms with van der Waals surface area (Å²) in [5, 5.41) is 0. The maximum absolute atomic E-state index is 12.2. The maximum Gasteiger partial charge on any atom is 0.118 e. The van der Waals surface area contributed by atoms with Crippen molar-refractivity contribution in [1.82, 2.24) is 0 Å². The van der Waals surface area contributed by atoms with Crippen LogP contribution in [-0.4, -0.2) is 5.75 Å². The lowest BCUT2D eigenvalue weighted by Gasteiger charge is -2.08. The van der Waals surface area contributed by atoms with E-state index in [0.717, 1.165) is 12.2 Å². The predicted molar refractivity (Wildman–Crippen MR) is 40.3 cm³/mol. The van der Waals surface area contributed by atoms with E-state index in [4.69, 9.17) is 0 Å². The Balaban J connectivity index is 2.48. The molecule has 0 N–H and O–H groups in total. The van der Waals surface area contributed by atoms with Gasteiger partial charge in [0.05, 0.1) is 0 Å². The fourth-order valence-corrected chi connectivity index (χ4v) is 1.04. The predicted octanol–water partition coefficient (Wildman–Crippen LogP) is 2.35. The fraction of sp³-hybridized carbons (Fsp3) is 0.429. The van der Waals surface area contributed by atoms with Crippen LogP contribution in [0, 0.1) is 5.92 Å². The topological polar surface area (TPSA) is 0 Å². The molecule has 0 radical (unpaired) electrons. The molecule has 0 aromatic rings. The number of hydrogen-bond donors (Lipinski definition) is 1. The standard InChI is InChI=1S/C7H9FS/c8-7-3-1-6(5-9)2-4-7/h1,3-4,6,9H,2,5H2. The summed E-state index contributed by atoms with van der Waals surface area (Å²) in [6.45, 7) is 0. The van der Waals surface area contributed by atoms with E-state index in [2.05, 4.69) is 12.6 Å². The van der Waals surface area contributed by atoms with E-state index < -0.39 is 0 Å². The Hall–Kier alpha value is -0.240. The Morgan fingerprint density at radius 2 is 2.56 bits per heavy atom. The van der Waals surface area contributed by atoms with Gasteiger partial charge in [0, 0.05) is 0 Å². The molecule has 0 amide bonds. The van der Waals surface area contributed by atoms with Crippen LogP contribution in [0.2, 0.25) is 0 Å². The van der Waals surface area contributed by atoms with Crippen LogP contribution in [-0.2, 0) is 0 Å². The molecule has 1 unspecified atom stereocenters. The molecule has 0 aromatic heterocycles. The summed E-state index contributed by atoms with van der Waals surface area (Å²) in [7, 11) is 0. The molecule has 1 aliphatic rings. The molecule has 0 bridgehead atoms. The van der Waals surface area contributed by atoms with Gasteiger partial charge in [0.1, 0.15) is 5.83 Å². The lowest BCUT2D eigenvalue weighted by atomic mass is 10.0. The number of halogens is 1. The highest BCUT2D eigenvalue weighted by atomic mass is 32.1. The van der Waals surface area contributed by atoms with E-state index in [1.54, 1.807) is 6.08 Å². The molecule has 0 spiro atoms. The highest BCUT2D eigenvalue weighted by Gasteiger charge is 2.04. The van der Waals surface area contributed by atoms with Crippen LogP contribution in [0.3, 0.4) is 0 Å². The summed E-state index contributed by atoms with van der Waals surface area (Å²) >= 11 is 4.09. The van der Waals surface area contributed by atoms with Gasteiger partial charge in [-0.3, -0.25) is 0 Å². The molecule has 50 valence electrons. The Bertz CT molecular complexity index is 149. The highest BCUT2D eigenvalue weighted by molar-refractivity contribution is 7.80. The van der Waals surface area contributed by atoms with Gasteiger partial charge in [0.2, 0.25) is 0 Å². The van der Waals surface area contributed by atoms with E-state index >= 15 is 0 Å². The van der Waals surface area contributed by atoms with Crippen molar-refractivity contribution in [2.75, 3.05) is 5.75 Å². The molecule has 2 heteroatoms. The zero-order chi connectivity index (χ0) is 6.69. The zero-order valence-corrected chi connectivity index (χ0v) is 5.94. The second kappa shape index (κ2) is 3.06. The number of rotatable bonds is 1. The van der Waals surface area contributed by atoms with Crippen molar-refractivity contribution in [3.8, 4) is 0 Å². The van der Waals surface area contributed by atoms with Crippen LogP contribution >= 0.6 is 12.6 Å². The Labute approximate surface area is 59.9 Å². The van der Waals surface area contributed by atoms with Gasteiger partial charge in [-0.25, -0.2) is 4.39 Å². The first-order valence-electron chi connectivity index (χ1n) is 2.97. The molecule has 1 aliphatic carbocycles. The van der Waals surface area contributed by atoms with Crippen molar-refractivity contribution in [3.63, 3.8) is 0 Å². The van der Waals surface area contributed by atoms with Gasteiger partial charge in [0.25, 0.3) is 0 Å². The van der Waals surface area contributed by atoms with Crippen molar-refractivity contribution in [3.05, 3.63) is 24.1 Å². The molecular weight excluding hydrogens is 135 g/mol. The smallest absolute Gasteiger partial charge is 0.118 e. The van der Waals surface area contributed by atoms with Gasteiger partial charge in [-0.2, -0.15) is 12.6 Å². The lowest BCUT2D eigenvalue weighted by molar-refractivity contribution is 0.628. The van der Waals surface area contributed by atoms with Crippen molar-refractivity contribution >= 4 is 12.6 Å². The normalized spacial score (nSPS) is 26.0. The number of thiol groups is 1. The third-order valence-corrected chi connectivity index (χ3v) is 1.85. The fourth-order valence-electron chi connectivity index (χ4n) is 0.774. The van der Waals surface area contributed by atoms with Gasteiger partial charge in [-0.1, -0.05) is 6.08 Å². The molecule has 0 aromatic carbocycles. The summed E-state index contributed by atoms with van der Waals surface area (Å²) in [6.07, 6.45) is 5.76. The summed E-state index contributed by atoms with van der Waals surface area (Å²) < 4.78 is 12.2. The van der Waals surface area contributed by atoms with Crippen LogP contribution in [0.15, 0.2) is 24.1 Å². The summed E-state index contributed by atoms with van der Waals surface area (Å²) in [6, 6.07) is 0. The molecular formula is C7H9FS. The van der Waals surface area contributed by atoms with Crippen LogP contribution < -0.4 is 0 Å². The lowest BCUT2D eigenvalue weighted by Crippen LogP contribution is -1.99. The first-order chi connectivity index (χ1) is 4.33. The molecule has 0 saturated heterocycles. The number of hydrogen-bond acceptors (Lipinski definition) is 1. The van der Waals surface area contributed by atoms with Gasteiger partial charge in [0.15, 0.2) is 0 Å². The van der Waals surface area contributed by atoms with Crippen molar-refractivity contribution < 1.29 is 4.39 Å². The second-order valence-electron chi connectivity index (χ2n) is 2.13. The average Bonchev–Trinajstić information content (AvgIpc) is 1.90. The maximum atomic E-state index is 12.2. The molecule has 0 fully saturated rings. The average molecular weight is 144 g/mol. The first-order valence-corrected chi connectivity index (χ1v) is 3.61. The van der Waals surface area contributed by atoms with Crippen LogP contribution in [0.5, 0.6) is 0 Å². The molecule has 0 saturated carbocycles. The Morgan fingerprint density at radius 3 is 3.00 bits per heavy atom. The molecule has 0 aliphatic heterocycles. The highest BCUT2D eigenvalue weighted by Crippen LogP contribution is 2.17. The third kappa shape index (κ3) is 1.86. The largest absolute Gasteiger partial charge is 0.207 e. The van der Waals surface area contributed by atoms with Crippen LogP contribution in [0.4, 0.5) is 4.39 Å². The Kier molecular flexibility index (Phi) is 2.34. The van der Waals surface area contributed by atoms with Crippen molar-refractivity contribution in [2.24, 2.45) is 5.92 Å². The first kappa shape index (κ1) is 6.87. The van der Waals surface area contributed by atoms with E-state index in [0.29, 0.717) is 5.92 Å².